The maximum atomic E-state index is 12.5. The zero-order chi connectivity index (χ0) is 19.6. The Hall–Kier alpha value is -2.79. The Morgan fingerprint density at radius 2 is 1.93 bits per heavy atom. The molecule has 0 aliphatic carbocycles. The second kappa shape index (κ2) is 7.45. The summed E-state index contributed by atoms with van der Waals surface area (Å²) in [6.45, 7) is 5.77. The summed E-state index contributed by atoms with van der Waals surface area (Å²) in [5, 5.41) is 11.4. The van der Waals surface area contributed by atoms with Crippen molar-refractivity contribution in [1.29, 1.82) is 0 Å². The maximum absolute atomic E-state index is 12.5. The largest absolute Gasteiger partial charge is 0.369 e. The molecule has 27 heavy (non-hydrogen) atoms. The fraction of sp³-hybridized carbons (Fsp3) is 0.375. The van der Waals surface area contributed by atoms with Gasteiger partial charge in [0, 0.05) is 38.6 Å². The van der Waals surface area contributed by atoms with Gasteiger partial charge in [0.1, 0.15) is 16.5 Å². The minimum Gasteiger partial charge on any atom is -0.369 e. The summed E-state index contributed by atoms with van der Waals surface area (Å²) < 4.78 is 30.9. The molecule has 0 spiro atoms. The average molecular weight is 390 g/mol. The molecule has 0 amide bonds. The predicted molar refractivity (Wildman–Crippen MR) is 100 cm³/mol. The third-order valence-electron chi connectivity index (χ3n) is 4.00. The van der Waals surface area contributed by atoms with Gasteiger partial charge in [-0.15, -0.1) is 0 Å². The van der Waals surface area contributed by atoms with Crippen LogP contribution in [-0.4, -0.2) is 51.0 Å². The quantitative estimate of drug-likeness (QED) is 0.570. The van der Waals surface area contributed by atoms with E-state index in [1.807, 2.05) is 6.07 Å². The van der Waals surface area contributed by atoms with Crippen LogP contribution < -0.4 is 10.0 Å². The van der Waals surface area contributed by atoms with E-state index in [2.05, 4.69) is 30.2 Å². The van der Waals surface area contributed by atoms with Gasteiger partial charge in [0.25, 0.3) is 0 Å². The van der Waals surface area contributed by atoms with E-state index >= 15 is 0 Å². The molecule has 2 N–H and O–H groups in total. The minimum atomic E-state index is -3.63. The van der Waals surface area contributed by atoms with Crippen LogP contribution in [0.25, 0.3) is 5.82 Å². The fourth-order valence-corrected chi connectivity index (χ4v) is 4.22. The second-order valence-corrected chi connectivity index (χ2v) is 7.76. The minimum absolute atomic E-state index is 0.205. The molecule has 3 rings (SSSR count). The second-order valence-electron chi connectivity index (χ2n) is 6.06. The molecule has 0 saturated heterocycles. The summed E-state index contributed by atoms with van der Waals surface area (Å²) in [5.74, 6) is 1.82. The lowest BCUT2D eigenvalue weighted by atomic mass is 10.4. The van der Waals surface area contributed by atoms with Gasteiger partial charge in [-0.3, -0.25) is 4.68 Å². The highest BCUT2D eigenvalue weighted by Crippen LogP contribution is 2.18. The van der Waals surface area contributed by atoms with Crippen LogP contribution in [0.15, 0.2) is 29.4 Å². The third kappa shape index (κ3) is 4.14. The predicted octanol–water partition coefficient (Wildman–Crippen LogP) is 0.711. The molecular formula is C16H22N8O2S. The Morgan fingerprint density at radius 3 is 2.56 bits per heavy atom. The average Bonchev–Trinajstić information content (AvgIpc) is 3.20. The van der Waals surface area contributed by atoms with Gasteiger partial charge >= 0.3 is 0 Å². The van der Waals surface area contributed by atoms with Gasteiger partial charge < -0.3 is 5.32 Å². The summed E-state index contributed by atoms with van der Waals surface area (Å²) in [6, 6.07) is 3.56. The van der Waals surface area contributed by atoms with Crippen LogP contribution in [0, 0.1) is 20.8 Å². The molecule has 10 nitrogen and oxygen atoms in total. The molecule has 0 fully saturated rings. The maximum Gasteiger partial charge on any atom is 0.244 e. The molecule has 3 aromatic rings. The van der Waals surface area contributed by atoms with Crippen molar-refractivity contribution >= 4 is 15.8 Å². The SMILES string of the molecule is Cc1nc(NCCNS(=O)(=O)c2c(C)nn(C)c2C)cc(-n2cccn2)n1. The Kier molecular flexibility index (Phi) is 5.24. The molecule has 0 saturated carbocycles. The number of sulfonamides is 1. The van der Waals surface area contributed by atoms with E-state index in [0.717, 1.165) is 0 Å². The number of nitrogens with one attached hydrogen (secondary N) is 2. The van der Waals surface area contributed by atoms with Crippen LogP contribution in [0.4, 0.5) is 5.82 Å². The summed E-state index contributed by atoms with van der Waals surface area (Å²) >= 11 is 0. The van der Waals surface area contributed by atoms with Crippen molar-refractivity contribution in [3.8, 4) is 5.82 Å². The van der Waals surface area contributed by atoms with Crippen LogP contribution in [0.2, 0.25) is 0 Å². The lowest BCUT2D eigenvalue weighted by Crippen LogP contribution is -2.29. The molecule has 0 unspecified atom stereocenters. The van der Waals surface area contributed by atoms with E-state index in [1.54, 1.807) is 55.6 Å². The van der Waals surface area contributed by atoms with Crippen LogP contribution in [0.3, 0.4) is 0 Å². The summed E-state index contributed by atoms with van der Waals surface area (Å²) in [6.07, 6.45) is 3.46. The lowest BCUT2D eigenvalue weighted by molar-refractivity contribution is 0.581. The van der Waals surface area contributed by atoms with Gasteiger partial charge in [-0.05, 0) is 26.8 Å². The van der Waals surface area contributed by atoms with E-state index < -0.39 is 10.0 Å². The first-order valence-electron chi connectivity index (χ1n) is 8.37. The van der Waals surface area contributed by atoms with Crippen molar-refractivity contribution < 1.29 is 8.42 Å². The molecule has 0 atom stereocenters. The van der Waals surface area contributed by atoms with Crippen molar-refractivity contribution in [3.05, 3.63) is 41.7 Å². The number of anilines is 1. The van der Waals surface area contributed by atoms with Gasteiger partial charge in [0.2, 0.25) is 10.0 Å². The van der Waals surface area contributed by atoms with E-state index in [4.69, 9.17) is 0 Å². The first-order chi connectivity index (χ1) is 12.8. The Morgan fingerprint density at radius 1 is 1.15 bits per heavy atom. The normalized spacial score (nSPS) is 11.7. The van der Waals surface area contributed by atoms with E-state index in [9.17, 15) is 8.42 Å². The van der Waals surface area contributed by atoms with Crippen molar-refractivity contribution in [1.82, 2.24) is 34.3 Å². The van der Waals surface area contributed by atoms with Gasteiger partial charge in [-0.1, -0.05) is 0 Å². The highest BCUT2D eigenvalue weighted by atomic mass is 32.2. The highest BCUT2D eigenvalue weighted by Gasteiger charge is 2.23. The van der Waals surface area contributed by atoms with Crippen molar-refractivity contribution in [2.24, 2.45) is 7.05 Å². The number of rotatable bonds is 7. The van der Waals surface area contributed by atoms with Gasteiger partial charge in [-0.2, -0.15) is 10.2 Å². The Bertz CT molecular complexity index is 1040. The van der Waals surface area contributed by atoms with Crippen LogP contribution in [0.1, 0.15) is 17.2 Å². The van der Waals surface area contributed by atoms with Crippen molar-refractivity contribution in [2.75, 3.05) is 18.4 Å². The van der Waals surface area contributed by atoms with E-state index in [0.29, 0.717) is 35.4 Å². The molecule has 0 radical (unpaired) electrons. The summed E-state index contributed by atoms with van der Waals surface area (Å²) in [5.41, 5.74) is 1.08. The molecule has 0 bridgehead atoms. The molecule has 3 heterocycles. The smallest absolute Gasteiger partial charge is 0.244 e. The molecular weight excluding hydrogens is 368 g/mol. The molecule has 0 aliphatic rings. The third-order valence-corrected chi connectivity index (χ3v) is 5.71. The molecule has 0 aromatic carbocycles. The number of nitrogens with zero attached hydrogens (tertiary/aromatic N) is 6. The summed E-state index contributed by atoms with van der Waals surface area (Å²) in [7, 11) is -1.91. The number of hydrogen-bond acceptors (Lipinski definition) is 7. The molecule has 0 aliphatic heterocycles. The van der Waals surface area contributed by atoms with Crippen LogP contribution >= 0.6 is 0 Å². The van der Waals surface area contributed by atoms with E-state index in [-0.39, 0.29) is 11.4 Å². The lowest BCUT2D eigenvalue weighted by Gasteiger charge is -2.10. The molecule has 144 valence electrons. The van der Waals surface area contributed by atoms with Gasteiger partial charge in [-0.25, -0.2) is 27.8 Å². The highest BCUT2D eigenvalue weighted by molar-refractivity contribution is 7.89. The fourth-order valence-electron chi connectivity index (χ4n) is 2.76. The van der Waals surface area contributed by atoms with Crippen molar-refractivity contribution in [2.45, 2.75) is 25.7 Å². The van der Waals surface area contributed by atoms with Crippen molar-refractivity contribution in [3.63, 3.8) is 0 Å². The number of aryl methyl sites for hydroxylation is 3. The van der Waals surface area contributed by atoms with Gasteiger partial charge in [0.05, 0.1) is 11.4 Å². The Balaban J connectivity index is 1.64. The topological polar surface area (TPSA) is 120 Å². The number of aromatic nitrogens is 6. The van der Waals surface area contributed by atoms with Gasteiger partial charge in [0.15, 0.2) is 5.82 Å². The van der Waals surface area contributed by atoms with Crippen LogP contribution in [-0.2, 0) is 17.1 Å². The first-order valence-corrected chi connectivity index (χ1v) is 9.85. The summed E-state index contributed by atoms with van der Waals surface area (Å²) in [4.78, 5) is 8.87. The molecule has 3 aromatic heterocycles. The Labute approximate surface area is 157 Å². The zero-order valence-corrected chi connectivity index (χ0v) is 16.4. The zero-order valence-electron chi connectivity index (χ0n) is 15.6. The molecule has 11 heteroatoms. The monoisotopic (exact) mass is 390 g/mol. The number of hydrogen-bond donors (Lipinski definition) is 2. The van der Waals surface area contributed by atoms with Crippen LogP contribution in [0.5, 0.6) is 0 Å². The van der Waals surface area contributed by atoms with E-state index in [1.165, 1.54) is 0 Å². The standard InChI is InChI=1S/C16H22N8O2S/c1-11-16(12(2)23(4)22-11)27(25,26)19-8-7-17-14-10-15(21-13(3)20-14)24-9-5-6-18-24/h5-6,9-10,19H,7-8H2,1-4H3,(H,17,20,21). The first kappa shape index (κ1) is 19.0.